The third kappa shape index (κ3) is 5.00. The largest absolute Gasteiger partial charge is 0.340 e. The number of nitrogens with one attached hydrogen (secondary N) is 1. The fraction of sp³-hybridized carbons (Fsp3) is 0.333. The van der Waals surface area contributed by atoms with Crippen molar-refractivity contribution in [2.24, 2.45) is 0 Å². The third-order valence-corrected chi connectivity index (χ3v) is 3.09. The molecule has 1 heterocycles. The molecule has 6 heteroatoms. The van der Waals surface area contributed by atoms with Gasteiger partial charge in [-0.2, -0.15) is 5.10 Å². The molecule has 0 spiro atoms. The molecule has 0 aliphatic heterocycles. The lowest BCUT2D eigenvalue weighted by Crippen LogP contribution is -2.36. The van der Waals surface area contributed by atoms with Gasteiger partial charge in [-0.05, 0) is 23.8 Å². The minimum Gasteiger partial charge on any atom is -0.340 e. The van der Waals surface area contributed by atoms with Crippen molar-refractivity contribution in [2.45, 2.75) is 13.1 Å². The quantitative estimate of drug-likeness (QED) is 0.781. The van der Waals surface area contributed by atoms with Gasteiger partial charge in [0.05, 0.1) is 13.1 Å². The zero-order valence-electron chi connectivity index (χ0n) is 12.0. The number of rotatable bonds is 7. The molecule has 0 aliphatic rings. The highest BCUT2D eigenvalue weighted by Gasteiger charge is 2.09. The van der Waals surface area contributed by atoms with Crippen LogP contribution < -0.4 is 5.32 Å². The van der Waals surface area contributed by atoms with Gasteiger partial charge in [0.2, 0.25) is 5.91 Å². The van der Waals surface area contributed by atoms with Crippen LogP contribution in [0.4, 0.5) is 4.39 Å². The Morgan fingerprint density at radius 3 is 3.00 bits per heavy atom. The maximum absolute atomic E-state index is 13.1. The summed E-state index contributed by atoms with van der Waals surface area (Å²) >= 11 is 0. The summed E-state index contributed by atoms with van der Waals surface area (Å²) in [6.45, 7) is 2.04. The molecule has 1 aromatic carbocycles. The zero-order valence-corrected chi connectivity index (χ0v) is 12.0. The molecule has 0 unspecified atom stereocenters. The number of carbonyl (C=O) groups excluding carboxylic acids is 1. The Hall–Kier alpha value is -2.21. The molecular formula is C15H19FN4O. The summed E-state index contributed by atoms with van der Waals surface area (Å²) in [6.07, 6.45) is 3.59. The minimum atomic E-state index is -0.286. The summed E-state index contributed by atoms with van der Waals surface area (Å²) in [5.41, 5.74) is 0.780. The van der Waals surface area contributed by atoms with Crippen molar-refractivity contribution in [3.63, 3.8) is 0 Å². The normalized spacial score (nSPS) is 10.6. The number of hydrogen-bond acceptors (Lipinski definition) is 3. The topological polar surface area (TPSA) is 50.2 Å². The highest BCUT2D eigenvalue weighted by atomic mass is 19.1. The van der Waals surface area contributed by atoms with E-state index in [1.807, 2.05) is 12.3 Å². The van der Waals surface area contributed by atoms with E-state index >= 15 is 0 Å². The second-order valence-corrected chi connectivity index (χ2v) is 4.83. The smallest absolute Gasteiger partial charge is 0.236 e. The van der Waals surface area contributed by atoms with E-state index in [-0.39, 0.29) is 18.3 Å². The zero-order chi connectivity index (χ0) is 15.1. The van der Waals surface area contributed by atoms with Crippen LogP contribution in [-0.2, 0) is 17.9 Å². The van der Waals surface area contributed by atoms with Gasteiger partial charge >= 0.3 is 0 Å². The molecule has 0 bridgehead atoms. The van der Waals surface area contributed by atoms with Gasteiger partial charge in [0, 0.05) is 32.5 Å². The van der Waals surface area contributed by atoms with Crippen LogP contribution in [0.1, 0.15) is 5.56 Å². The molecule has 2 aromatic rings. The SMILES string of the molecule is CN(Cc1cccc(F)c1)C(=O)CNCCn1cccn1. The van der Waals surface area contributed by atoms with E-state index in [0.717, 1.165) is 5.56 Å². The monoisotopic (exact) mass is 290 g/mol. The lowest BCUT2D eigenvalue weighted by atomic mass is 10.2. The first-order chi connectivity index (χ1) is 10.1. The Bertz CT molecular complexity index is 571. The van der Waals surface area contributed by atoms with Gasteiger partial charge in [-0.1, -0.05) is 12.1 Å². The van der Waals surface area contributed by atoms with Crippen molar-refractivity contribution >= 4 is 5.91 Å². The molecule has 0 saturated carbocycles. The molecule has 0 radical (unpaired) electrons. The van der Waals surface area contributed by atoms with Crippen LogP contribution in [0.3, 0.4) is 0 Å². The summed E-state index contributed by atoms with van der Waals surface area (Å²) in [7, 11) is 1.71. The average Bonchev–Trinajstić information content (AvgIpc) is 2.96. The number of halogens is 1. The summed E-state index contributed by atoms with van der Waals surface area (Å²) in [5, 5.41) is 7.15. The molecule has 2 rings (SSSR count). The standard InChI is InChI=1S/C15H19FN4O/c1-19(12-13-4-2-5-14(16)10-13)15(21)11-17-7-9-20-8-3-6-18-20/h2-6,8,10,17H,7,9,11-12H2,1H3. The Kier molecular flexibility index (Phi) is 5.45. The molecule has 0 aliphatic carbocycles. The van der Waals surface area contributed by atoms with Crippen molar-refractivity contribution < 1.29 is 9.18 Å². The van der Waals surface area contributed by atoms with E-state index in [2.05, 4.69) is 10.4 Å². The number of amides is 1. The van der Waals surface area contributed by atoms with E-state index in [1.165, 1.54) is 12.1 Å². The summed E-state index contributed by atoms with van der Waals surface area (Å²) in [4.78, 5) is 13.5. The van der Waals surface area contributed by atoms with Crippen LogP contribution in [0, 0.1) is 5.82 Å². The molecule has 0 fully saturated rings. The number of carbonyl (C=O) groups is 1. The Balaban J connectivity index is 1.70. The highest BCUT2D eigenvalue weighted by molar-refractivity contribution is 5.77. The molecule has 0 saturated heterocycles. The molecule has 1 amide bonds. The van der Waals surface area contributed by atoms with Crippen LogP contribution in [0.25, 0.3) is 0 Å². The van der Waals surface area contributed by atoms with Crippen LogP contribution in [-0.4, -0.2) is 40.7 Å². The fourth-order valence-electron chi connectivity index (χ4n) is 1.95. The summed E-state index contributed by atoms with van der Waals surface area (Å²) in [5.74, 6) is -0.314. The predicted molar refractivity (Wildman–Crippen MR) is 78.0 cm³/mol. The average molecular weight is 290 g/mol. The number of aromatic nitrogens is 2. The molecule has 5 nitrogen and oxygen atoms in total. The molecule has 1 aromatic heterocycles. The maximum Gasteiger partial charge on any atom is 0.236 e. The van der Waals surface area contributed by atoms with Gasteiger partial charge in [0.25, 0.3) is 0 Å². The molecule has 0 atom stereocenters. The Morgan fingerprint density at radius 2 is 2.29 bits per heavy atom. The van der Waals surface area contributed by atoms with Crippen molar-refractivity contribution in [2.75, 3.05) is 20.1 Å². The maximum atomic E-state index is 13.1. The Labute approximate surface area is 123 Å². The van der Waals surface area contributed by atoms with Crippen molar-refractivity contribution in [1.29, 1.82) is 0 Å². The van der Waals surface area contributed by atoms with Gasteiger partial charge in [-0.25, -0.2) is 4.39 Å². The molecule has 1 N–H and O–H groups in total. The Morgan fingerprint density at radius 1 is 1.43 bits per heavy atom. The number of hydrogen-bond donors (Lipinski definition) is 1. The van der Waals surface area contributed by atoms with Crippen LogP contribution in [0.5, 0.6) is 0 Å². The first-order valence-corrected chi connectivity index (χ1v) is 6.82. The van der Waals surface area contributed by atoms with Gasteiger partial charge in [0.15, 0.2) is 0 Å². The number of benzene rings is 1. The fourth-order valence-corrected chi connectivity index (χ4v) is 1.95. The molecule has 21 heavy (non-hydrogen) atoms. The van der Waals surface area contributed by atoms with Gasteiger partial charge in [-0.15, -0.1) is 0 Å². The summed E-state index contributed by atoms with van der Waals surface area (Å²) < 4.78 is 14.9. The number of likely N-dealkylation sites (N-methyl/N-ethyl adjacent to an activating group) is 1. The van der Waals surface area contributed by atoms with Crippen LogP contribution >= 0.6 is 0 Å². The van der Waals surface area contributed by atoms with E-state index in [4.69, 9.17) is 0 Å². The van der Waals surface area contributed by atoms with Crippen LogP contribution in [0.15, 0.2) is 42.7 Å². The predicted octanol–water partition coefficient (Wildman–Crippen LogP) is 1.27. The minimum absolute atomic E-state index is 0.0280. The molecular weight excluding hydrogens is 271 g/mol. The first kappa shape index (κ1) is 15.2. The second kappa shape index (κ2) is 7.54. The third-order valence-electron chi connectivity index (χ3n) is 3.09. The molecule has 112 valence electrons. The summed E-state index contributed by atoms with van der Waals surface area (Å²) in [6, 6.07) is 8.14. The lowest BCUT2D eigenvalue weighted by molar-refractivity contribution is -0.129. The first-order valence-electron chi connectivity index (χ1n) is 6.82. The van der Waals surface area contributed by atoms with E-state index in [1.54, 1.807) is 35.0 Å². The van der Waals surface area contributed by atoms with E-state index in [9.17, 15) is 9.18 Å². The van der Waals surface area contributed by atoms with Gasteiger partial charge in [0.1, 0.15) is 5.82 Å². The van der Waals surface area contributed by atoms with Gasteiger partial charge in [-0.3, -0.25) is 9.48 Å². The van der Waals surface area contributed by atoms with E-state index in [0.29, 0.717) is 19.6 Å². The van der Waals surface area contributed by atoms with Crippen molar-refractivity contribution in [3.8, 4) is 0 Å². The van der Waals surface area contributed by atoms with Crippen molar-refractivity contribution in [1.82, 2.24) is 20.0 Å². The van der Waals surface area contributed by atoms with E-state index < -0.39 is 0 Å². The van der Waals surface area contributed by atoms with Crippen molar-refractivity contribution in [3.05, 3.63) is 54.1 Å². The van der Waals surface area contributed by atoms with Gasteiger partial charge < -0.3 is 10.2 Å². The highest BCUT2D eigenvalue weighted by Crippen LogP contribution is 2.06. The second-order valence-electron chi connectivity index (χ2n) is 4.83. The van der Waals surface area contributed by atoms with Crippen LogP contribution in [0.2, 0.25) is 0 Å². The number of nitrogens with zero attached hydrogens (tertiary/aromatic N) is 3. The lowest BCUT2D eigenvalue weighted by Gasteiger charge is -2.17.